The van der Waals surface area contributed by atoms with Gasteiger partial charge in [0.25, 0.3) is 0 Å². The minimum atomic E-state index is -3.62. The molecule has 0 aliphatic carbocycles. The molecule has 0 fully saturated rings. The Kier molecular flexibility index (Phi) is 4.69. The molecule has 0 aliphatic rings. The van der Waals surface area contributed by atoms with Gasteiger partial charge < -0.3 is 10.5 Å². The summed E-state index contributed by atoms with van der Waals surface area (Å²) in [5.41, 5.74) is 6.83. The first-order valence-electron chi connectivity index (χ1n) is 5.29. The van der Waals surface area contributed by atoms with Crippen LogP contribution < -0.4 is 10.5 Å². The standard InChI is InChI=1S/C11H16N2O4S/c1-8-7-9(3-4-10(8)12)18(15,16)13-6-5-11(14)17-2/h3-4,7,13H,5-6,12H2,1-2H3. The van der Waals surface area contributed by atoms with Gasteiger partial charge in [-0.15, -0.1) is 0 Å². The lowest BCUT2D eigenvalue weighted by molar-refractivity contribution is -0.140. The number of ether oxygens (including phenoxy) is 1. The number of nitrogens with one attached hydrogen (secondary N) is 1. The predicted molar refractivity (Wildman–Crippen MR) is 67.4 cm³/mol. The van der Waals surface area contributed by atoms with Crippen molar-refractivity contribution in [3.05, 3.63) is 23.8 Å². The Hall–Kier alpha value is -1.60. The summed E-state index contributed by atoms with van der Waals surface area (Å²) in [6.45, 7) is 1.72. The van der Waals surface area contributed by atoms with E-state index in [0.717, 1.165) is 0 Å². The fourth-order valence-electron chi connectivity index (χ4n) is 1.29. The molecule has 18 heavy (non-hydrogen) atoms. The van der Waals surface area contributed by atoms with E-state index in [1.807, 2.05) is 0 Å². The first kappa shape index (κ1) is 14.5. The highest BCUT2D eigenvalue weighted by molar-refractivity contribution is 7.89. The number of rotatable bonds is 5. The summed E-state index contributed by atoms with van der Waals surface area (Å²) in [5.74, 6) is -0.466. The number of sulfonamides is 1. The molecular weight excluding hydrogens is 256 g/mol. The number of nitrogen functional groups attached to an aromatic ring is 1. The Morgan fingerprint density at radius 3 is 2.67 bits per heavy atom. The van der Waals surface area contributed by atoms with Crippen LogP contribution in [0.3, 0.4) is 0 Å². The van der Waals surface area contributed by atoms with Gasteiger partial charge in [-0.1, -0.05) is 0 Å². The van der Waals surface area contributed by atoms with E-state index in [0.29, 0.717) is 11.3 Å². The van der Waals surface area contributed by atoms with E-state index in [1.165, 1.54) is 25.3 Å². The van der Waals surface area contributed by atoms with Gasteiger partial charge >= 0.3 is 5.97 Å². The maximum atomic E-state index is 11.9. The summed E-state index contributed by atoms with van der Waals surface area (Å²) in [6.07, 6.45) is -0.0102. The van der Waals surface area contributed by atoms with Crippen LogP contribution in [0.4, 0.5) is 5.69 Å². The first-order valence-corrected chi connectivity index (χ1v) is 6.78. The van der Waals surface area contributed by atoms with E-state index in [-0.39, 0.29) is 17.9 Å². The summed E-state index contributed by atoms with van der Waals surface area (Å²) in [7, 11) is -2.37. The van der Waals surface area contributed by atoms with Crippen molar-refractivity contribution in [2.45, 2.75) is 18.2 Å². The van der Waals surface area contributed by atoms with Crippen LogP contribution in [-0.4, -0.2) is 28.0 Å². The van der Waals surface area contributed by atoms with Crippen LogP contribution in [0.5, 0.6) is 0 Å². The highest BCUT2D eigenvalue weighted by Crippen LogP contribution is 2.16. The zero-order chi connectivity index (χ0) is 13.8. The van der Waals surface area contributed by atoms with Crippen molar-refractivity contribution in [1.82, 2.24) is 4.72 Å². The second-order valence-corrected chi connectivity index (χ2v) is 5.51. The Labute approximate surface area is 106 Å². The fourth-order valence-corrected chi connectivity index (χ4v) is 2.40. The number of anilines is 1. The van der Waals surface area contributed by atoms with Crippen LogP contribution in [0, 0.1) is 6.92 Å². The topological polar surface area (TPSA) is 98.5 Å². The van der Waals surface area contributed by atoms with Crippen LogP contribution in [0.1, 0.15) is 12.0 Å². The van der Waals surface area contributed by atoms with E-state index in [9.17, 15) is 13.2 Å². The molecule has 7 heteroatoms. The highest BCUT2D eigenvalue weighted by Gasteiger charge is 2.14. The molecule has 0 heterocycles. The molecule has 0 amide bonds. The minimum absolute atomic E-state index is 0.00156. The molecular formula is C11H16N2O4S. The molecule has 0 saturated carbocycles. The molecule has 1 aromatic carbocycles. The molecule has 0 aromatic heterocycles. The van der Waals surface area contributed by atoms with Crippen LogP contribution in [0.15, 0.2) is 23.1 Å². The average molecular weight is 272 g/mol. The summed E-state index contributed by atoms with van der Waals surface area (Å²) in [4.78, 5) is 11.0. The number of carbonyl (C=O) groups is 1. The quantitative estimate of drug-likeness (QED) is 0.598. The molecule has 1 aromatic rings. The molecule has 3 N–H and O–H groups in total. The van der Waals surface area contributed by atoms with Gasteiger partial charge in [-0.2, -0.15) is 0 Å². The molecule has 0 atom stereocenters. The van der Waals surface area contributed by atoms with Gasteiger partial charge in [-0.05, 0) is 30.7 Å². The highest BCUT2D eigenvalue weighted by atomic mass is 32.2. The third kappa shape index (κ3) is 3.71. The maximum Gasteiger partial charge on any atom is 0.306 e. The second kappa shape index (κ2) is 5.83. The molecule has 0 saturated heterocycles. The number of hydrogen-bond donors (Lipinski definition) is 2. The molecule has 100 valence electrons. The third-order valence-corrected chi connectivity index (χ3v) is 3.86. The van der Waals surface area contributed by atoms with Crippen LogP contribution in [-0.2, 0) is 19.6 Å². The Morgan fingerprint density at radius 2 is 2.11 bits per heavy atom. The minimum Gasteiger partial charge on any atom is -0.469 e. The van der Waals surface area contributed by atoms with Gasteiger partial charge in [0.05, 0.1) is 18.4 Å². The zero-order valence-electron chi connectivity index (χ0n) is 10.3. The smallest absolute Gasteiger partial charge is 0.306 e. The van der Waals surface area contributed by atoms with Crippen LogP contribution in [0.25, 0.3) is 0 Å². The van der Waals surface area contributed by atoms with Gasteiger partial charge in [-0.25, -0.2) is 13.1 Å². The lowest BCUT2D eigenvalue weighted by Crippen LogP contribution is -2.26. The number of methoxy groups -OCH3 is 1. The number of benzene rings is 1. The second-order valence-electron chi connectivity index (χ2n) is 3.74. The summed E-state index contributed by atoms with van der Waals surface area (Å²) < 4.78 is 30.5. The van der Waals surface area contributed by atoms with Gasteiger partial charge in [0.15, 0.2) is 0 Å². The van der Waals surface area contributed by atoms with Crippen LogP contribution in [0.2, 0.25) is 0 Å². The molecule has 0 aliphatic heterocycles. The van der Waals surface area contributed by atoms with Crippen molar-refractivity contribution in [2.24, 2.45) is 0 Å². The molecule has 0 bridgehead atoms. The SMILES string of the molecule is COC(=O)CCNS(=O)(=O)c1ccc(N)c(C)c1. The van der Waals surface area contributed by atoms with E-state index in [4.69, 9.17) is 5.73 Å². The van der Waals surface area contributed by atoms with Crippen molar-refractivity contribution in [3.8, 4) is 0 Å². The summed E-state index contributed by atoms with van der Waals surface area (Å²) in [6, 6.07) is 4.43. The van der Waals surface area contributed by atoms with E-state index in [1.54, 1.807) is 6.92 Å². The first-order chi connectivity index (χ1) is 8.36. The summed E-state index contributed by atoms with van der Waals surface area (Å²) in [5, 5.41) is 0. The normalized spacial score (nSPS) is 11.2. The Bertz CT molecular complexity index is 540. The number of hydrogen-bond acceptors (Lipinski definition) is 5. The van der Waals surface area contributed by atoms with Crippen molar-refractivity contribution in [3.63, 3.8) is 0 Å². The fraction of sp³-hybridized carbons (Fsp3) is 0.364. The molecule has 0 unspecified atom stereocenters. The van der Waals surface area contributed by atoms with Crippen LogP contribution >= 0.6 is 0 Å². The maximum absolute atomic E-state index is 11.9. The average Bonchev–Trinajstić information content (AvgIpc) is 2.32. The lowest BCUT2D eigenvalue weighted by atomic mass is 10.2. The molecule has 1 rings (SSSR count). The Morgan fingerprint density at radius 1 is 1.44 bits per heavy atom. The van der Waals surface area contributed by atoms with E-state index >= 15 is 0 Å². The van der Waals surface area contributed by atoms with E-state index < -0.39 is 16.0 Å². The summed E-state index contributed by atoms with van der Waals surface area (Å²) >= 11 is 0. The van der Waals surface area contributed by atoms with Crippen molar-refractivity contribution in [1.29, 1.82) is 0 Å². The van der Waals surface area contributed by atoms with Crippen molar-refractivity contribution in [2.75, 3.05) is 19.4 Å². The monoisotopic (exact) mass is 272 g/mol. The van der Waals surface area contributed by atoms with E-state index in [2.05, 4.69) is 9.46 Å². The molecule has 0 radical (unpaired) electrons. The Balaban J connectivity index is 2.74. The number of esters is 1. The van der Waals surface area contributed by atoms with Crippen molar-refractivity contribution < 1.29 is 17.9 Å². The third-order valence-electron chi connectivity index (χ3n) is 2.40. The number of nitrogens with two attached hydrogens (primary N) is 1. The molecule has 0 spiro atoms. The zero-order valence-corrected chi connectivity index (χ0v) is 11.1. The van der Waals surface area contributed by atoms with Gasteiger partial charge in [-0.3, -0.25) is 4.79 Å². The lowest BCUT2D eigenvalue weighted by Gasteiger charge is -2.08. The van der Waals surface area contributed by atoms with Gasteiger partial charge in [0, 0.05) is 12.2 Å². The number of carbonyl (C=O) groups excluding carboxylic acids is 1. The predicted octanol–water partition coefficient (Wildman–Crippen LogP) is 0.419. The van der Waals surface area contributed by atoms with Gasteiger partial charge in [0.1, 0.15) is 0 Å². The van der Waals surface area contributed by atoms with Gasteiger partial charge in [0.2, 0.25) is 10.0 Å². The largest absolute Gasteiger partial charge is 0.469 e. The van der Waals surface area contributed by atoms with Crippen molar-refractivity contribution >= 4 is 21.7 Å². The molecule has 6 nitrogen and oxygen atoms in total. The number of aryl methyl sites for hydroxylation is 1.